The number of benzene rings is 3. The molecule has 0 bridgehead atoms. The van der Waals surface area contributed by atoms with Gasteiger partial charge in [0.05, 0.1) is 23.2 Å². The zero-order valence-electron chi connectivity index (χ0n) is 16.3. The number of carbonyl (C=O) groups excluding carboxylic acids is 1. The number of nitrogens with zero attached hydrogens (tertiary/aromatic N) is 2. The van der Waals surface area contributed by atoms with E-state index < -0.39 is 0 Å². The number of halogens is 1. The molecule has 0 aliphatic carbocycles. The summed E-state index contributed by atoms with van der Waals surface area (Å²) in [5, 5.41) is 3.30. The van der Waals surface area contributed by atoms with Crippen LogP contribution >= 0.6 is 11.6 Å². The zero-order chi connectivity index (χ0) is 20.9. The Labute approximate surface area is 179 Å². The normalized spacial score (nSPS) is 10.7. The molecule has 0 radical (unpaired) electrons. The minimum absolute atomic E-state index is 0.0949. The number of nitrogens with one attached hydrogen (secondary N) is 1. The molecule has 4 aromatic rings. The molecule has 1 aromatic heterocycles. The van der Waals surface area contributed by atoms with Gasteiger partial charge in [-0.25, -0.2) is 4.98 Å². The molecule has 0 aliphatic heterocycles. The van der Waals surface area contributed by atoms with Crippen LogP contribution in [-0.4, -0.2) is 22.6 Å². The van der Waals surface area contributed by atoms with E-state index in [1.165, 1.54) is 0 Å². The SMILES string of the molecule is COc1ccc(NC(=O)Cn2c(COc3ccccc3)nc3ccccc32)cc1Cl. The summed E-state index contributed by atoms with van der Waals surface area (Å²) in [6, 6.07) is 22.3. The number of fused-ring (bicyclic) bond motifs is 1. The summed E-state index contributed by atoms with van der Waals surface area (Å²) in [4.78, 5) is 17.4. The Hall–Kier alpha value is -3.51. The van der Waals surface area contributed by atoms with Crippen molar-refractivity contribution in [2.75, 3.05) is 12.4 Å². The largest absolute Gasteiger partial charge is 0.495 e. The molecule has 152 valence electrons. The summed E-state index contributed by atoms with van der Waals surface area (Å²) in [5.41, 5.74) is 2.27. The highest BCUT2D eigenvalue weighted by atomic mass is 35.5. The molecular weight excluding hydrogens is 402 g/mol. The number of hydrogen-bond acceptors (Lipinski definition) is 4. The van der Waals surface area contributed by atoms with E-state index in [0.717, 1.165) is 16.8 Å². The molecule has 30 heavy (non-hydrogen) atoms. The van der Waals surface area contributed by atoms with Crippen molar-refractivity contribution in [3.8, 4) is 11.5 Å². The van der Waals surface area contributed by atoms with Gasteiger partial charge >= 0.3 is 0 Å². The first-order chi connectivity index (χ1) is 14.6. The van der Waals surface area contributed by atoms with E-state index in [2.05, 4.69) is 10.3 Å². The number of imidazole rings is 1. The number of para-hydroxylation sites is 3. The van der Waals surface area contributed by atoms with Crippen LogP contribution in [-0.2, 0) is 17.9 Å². The molecule has 0 fully saturated rings. The van der Waals surface area contributed by atoms with Gasteiger partial charge in [-0.2, -0.15) is 0 Å². The second kappa shape index (κ2) is 8.88. The predicted octanol–water partition coefficient (Wildman–Crippen LogP) is 4.92. The second-order valence-corrected chi connectivity index (χ2v) is 7.01. The zero-order valence-corrected chi connectivity index (χ0v) is 17.1. The smallest absolute Gasteiger partial charge is 0.244 e. The number of anilines is 1. The van der Waals surface area contributed by atoms with Crippen molar-refractivity contribution in [3.63, 3.8) is 0 Å². The third kappa shape index (κ3) is 4.39. The first kappa shape index (κ1) is 19.8. The number of carbonyl (C=O) groups is 1. The molecule has 0 atom stereocenters. The molecule has 1 amide bonds. The third-order valence-electron chi connectivity index (χ3n) is 4.58. The molecule has 0 aliphatic rings. The standard InChI is InChI=1S/C23H20ClN3O3/c1-29-21-12-11-16(13-18(21)24)25-23(28)14-27-20-10-6-5-9-19(20)26-22(27)15-30-17-7-3-2-4-8-17/h2-13H,14-15H2,1H3,(H,25,28). The van der Waals surface area contributed by atoms with Crippen LogP contribution in [0.5, 0.6) is 11.5 Å². The third-order valence-corrected chi connectivity index (χ3v) is 4.88. The highest BCUT2D eigenvalue weighted by Crippen LogP contribution is 2.27. The van der Waals surface area contributed by atoms with E-state index in [9.17, 15) is 4.79 Å². The molecule has 0 saturated heterocycles. The van der Waals surface area contributed by atoms with Gasteiger partial charge in [0.2, 0.25) is 5.91 Å². The van der Waals surface area contributed by atoms with Crippen LogP contribution < -0.4 is 14.8 Å². The van der Waals surface area contributed by atoms with Gasteiger partial charge in [0.1, 0.15) is 30.5 Å². The van der Waals surface area contributed by atoms with Crippen LogP contribution in [0, 0.1) is 0 Å². The predicted molar refractivity (Wildman–Crippen MR) is 117 cm³/mol. The Morgan fingerprint density at radius 3 is 2.60 bits per heavy atom. The highest BCUT2D eigenvalue weighted by molar-refractivity contribution is 6.32. The van der Waals surface area contributed by atoms with E-state index in [-0.39, 0.29) is 19.1 Å². The second-order valence-electron chi connectivity index (χ2n) is 6.60. The van der Waals surface area contributed by atoms with E-state index >= 15 is 0 Å². The number of rotatable bonds is 7. The quantitative estimate of drug-likeness (QED) is 0.460. The van der Waals surface area contributed by atoms with Crippen LogP contribution in [0.1, 0.15) is 5.82 Å². The minimum Gasteiger partial charge on any atom is -0.495 e. The van der Waals surface area contributed by atoms with Crippen molar-refractivity contribution >= 4 is 34.2 Å². The Morgan fingerprint density at radius 2 is 1.83 bits per heavy atom. The summed E-state index contributed by atoms with van der Waals surface area (Å²) >= 11 is 6.15. The van der Waals surface area contributed by atoms with Gasteiger partial charge in [-0.1, -0.05) is 41.9 Å². The highest BCUT2D eigenvalue weighted by Gasteiger charge is 2.15. The first-order valence-electron chi connectivity index (χ1n) is 9.39. The first-order valence-corrected chi connectivity index (χ1v) is 9.77. The van der Waals surface area contributed by atoms with Crippen molar-refractivity contribution in [1.82, 2.24) is 9.55 Å². The van der Waals surface area contributed by atoms with Crippen LogP contribution in [0.15, 0.2) is 72.8 Å². The van der Waals surface area contributed by atoms with Crippen LogP contribution in [0.4, 0.5) is 5.69 Å². The van der Waals surface area contributed by atoms with E-state index in [1.54, 1.807) is 25.3 Å². The minimum atomic E-state index is -0.194. The van der Waals surface area contributed by atoms with Crippen molar-refractivity contribution in [2.45, 2.75) is 13.2 Å². The van der Waals surface area contributed by atoms with Gasteiger partial charge in [-0.3, -0.25) is 4.79 Å². The van der Waals surface area contributed by atoms with Gasteiger partial charge in [0.15, 0.2) is 0 Å². The molecule has 3 aromatic carbocycles. The Bertz CT molecular complexity index is 1180. The lowest BCUT2D eigenvalue weighted by Crippen LogP contribution is -2.20. The molecule has 0 spiro atoms. The molecule has 4 rings (SSSR count). The number of hydrogen-bond donors (Lipinski definition) is 1. The number of ether oxygens (including phenoxy) is 2. The molecule has 7 heteroatoms. The lowest BCUT2D eigenvalue weighted by Gasteiger charge is -2.12. The van der Waals surface area contributed by atoms with Crippen LogP contribution in [0.2, 0.25) is 5.02 Å². The lowest BCUT2D eigenvalue weighted by molar-refractivity contribution is -0.116. The van der Waals surface area contributed by atoms with Crippen LogP contribution in [0.3, 0.4) is 0 Å². The topological polar surface area (TPSA) is 65.4 Å². The molecular formula is C23H20ClN3O3. The summed E-state index contributed by atoms with van der Waals surface area (Å²) in [6.45, 7) is 0.345. The maximum Gasteiger partial charge on any atom is 0.244 e. The van der Waals surface area contributed by atoms with Crippen molar-refractivity contribution in [3.05, 3.63) is 83.6 Å². The van der Waals surface area contributed by atoms with Gasteiger partial charge in [-0.15, -0.1) is 0 Å². The molecule has 0 unspecified atom stereocenters. The number of methoxy groups -OCH3 is 1. The van der Waals surface area contributed by atoms with Crippen molar-refractivity contribution < 1.29 is 14.3 Å². The van der Waals surface area contributed by atoms with E-state index in [0.29, 0.717) is 22.3 Å². The van der Waals surface area contributed by atoms with Gasteiger partial charge in [-0.05, 0) is 42.5 Å². The molecule has 6 nitrogen and oxygen atoms in total. The number of aromatic nitrogens is 2. The summed E-state index contributed by atoms with van der Waals surface area (Å²) in [7, 11) is 1.54. The van der Waals surface area contributed by atoms with E-state index in [4.69, 9.17) is 21.1 Å². The Morgan fingerprint density at radius 1 is 1.07 bits per heavy atom. The molecule has 1 N–H and O–H groups in total. The van der Waals surface area contributed by atoms with Crippen molar-refractivity contribution in [1.29, 1.82) is 0 Å². The maximum absolute atomic E-state index is 12.7. The Kier molecular flexibility index (Phi) is 5.86. The molecule has 0 saturated carbocycles. The van der Waals surface area contributed by atoms with Gasteiger partial charge in [0, 0.05) is 5.69 Å². The summed E-state index contributed by atoms with van der Waals surface area (Å²) in [5.74, 6) is 1.77. The van der Waals surface area contributed by atoms with Crippen LogP contribution in [0.25, 0.3) is 11.0 Å². The average Bonchev–Trinajstić information content (AvgIpc) is 3.10. The fourth-order valence-corrected chi connectivity index (χ4v) is 3.42. The fraction of sp³-hybridized carbons (Fsp3) is 0.130. The fourth-order valence-electron chi connectivity index (χ4n) is 3.16. The maximum atomic E-state index is 12.7. The van der Waals surface area contributed by atoms with Crippen molar-refractivity contribution in [2.24, 2.45) is 0 Å². The monoisotopic (exact) mass is 421 g/mol. The summed E-state index contributed by atoms with van der Waals surface area (Å²) < 4.78 is 12.9. The summed E-state index contributed by atoms with van der Waals surface area (Å²) in [6.07, 6.45) is 0. The van der Waals surface area contributed by atoms with E-state index in [1.807, 2.05) is 59.2 Å². The van der Waals surface area contributed by atoms with Gasteiger partial charge < -0.3 is 19.4 Å². The average molecular weight is 422 g/mol. The Balaban J connectivity index is 1.54. The van der Waals surface area contributed by atoms with Gasteiger partial charge in [0.25, 0.3) is 0 Å². The number of amides is 1. The lowest BCUT2D eigenvalue weighted by atomic mass is 10.3. The molecule has 1 heterocycles.